The van der Waals surface area contributed by atoms with E-state index >= 15 is 0 Å². The number of methoxy groups -OCH3 is 1. The first kappa shape index (κ1) is 18.5. The molecule has 0 unspecified atom stereocenters. The summed E-state index contributed by atoms with van der Waals surface area (Å²) in [5, 5.41) is 4.06. The van der Waals surface area contributed by atoms with Gasteiger partial charge in [-0.15, -0.1) is 0 Å². The molecule has 0 saturated carbocycles. The standard InChI is InChI=1S/C21H19ClFN3O3/c1-29-16-6-3-2-5-13(16)18-17-19(25-10-4-9-24(18)25)21(28)26(20(17)27)12-7-8-14(22)15(23)11-12/h2-3,5-8,11,17-19H,4,9-10H2,1H3/t17-,18-,19+/m1/s1. The Bertz CT molecular complexity index is 1020. The highest BCUT2D eigenvalue weighted by atomic mass is 35.5. The number of hydrogen-bond donors (Lipinski definition) is 0. The normalized spacial score (nSPS) is 26.9. The largest absolute Gasteiger partial charge is 0.496 e. The van der Waals surface area contributed by atoms with Crippen LogP contribution in [0.25, 0.3) is 0 Å². The molecule has 3 aliphatic heterocycles. The van der Waals surface area contributed by atoms with Crippen molar-refractivity contribution in [2.45, 2.75) is 18.5 Å². The summed E-state index contributed by atoms with van der Waals surface area (Å²) < 4.78 is 19.6. The number of para-hydroxylation sites is 1. The van der Waals surface area contributed by atoms with Gasteiger partial charge in [-0.2, -0.15) is 0 Å². The van der Waals surface area contributed by atoms with Crippen LogP contribution < -0.4 is 9.64 Å². The minimum absolute atomic E-state index is 0.0503. The van der Waals surface area contributed by atoms with Crippen LogP contribution in [0.5, 0.6) is 5.75 Å². The highest BCUT2D eigenvalue weighted by Gasteiger charge is 2.63. The van der Waals surface area contributed by atoms with Crippen LogP contribution in [0.4, 0.5) is 10.1 Å². The third kappa shape index (κ3) is 2.61. The quantitative estimate of drug-likeness (QED) is 0.721. The van der Waals surface area contributed by atoms with Gasteiger partial charge in [0.25, 0.3) is 5.91 Å². The summed E-state index contributed by atoms with van der Waals surface area (Å²) in [6.07, 6.45) is 0.909. The van der Waals surface area contributed by atoms with Gasteiger partial charge in [-0.05, 0) is 30.7 Å². The third-order valence-corrected chi connectivity index (χ3v) is 6.33. The number of ether oxygens (including phenoxy) is 1. The van der Waals surface area contributed by atoms with Gasteiger partial charge in [0, 0.05) is 18.7 Å². The van der Waals surface area contributed by atoms with E-state index in [1.54, 1.807) is 7.11 Å². The SMILES string of the molecule is COc1ccccc1[C@@H]1[C@H]2C(=O)N(c3ccc(Cl)c(F)c3)C(=O)[C@H]2N2CCCN12. The van der Waals surface area contributed by atoms with Gasteiger partial charge in [-0.25, -0.2) is 19.3 Å². The lowest BCUT2D eigenvalue weighted by atomic mass is 9.89. The molecule has 8 heteroatoms. The van der Waals surface area contributed by atoms with Crippen molar-refractivity contribution >= 4 is 29.1 Å². The minimum atomic E-state index is -0.661. The van der Waals surface area contributed by atoms with E-state index in [4.69, 9.17) is 16.3 Å². The molecule has 0 spiro atoms. The first-order chi connectivity index (χ1) is 14.0. The number of hydrazine groups is 1. The van der Waals surface area contributed by atoms with E-state index in [0.717, 1.165) is 29.5 Å². The molecule has 150 valence electrons. The topological polar surface area (TPSA) is 53.1 Å². The van der Waals surface area contributed by atoms with Crippen LogP contribution in [0.2, 0.25) is 5.02 Å². The fourth-order valence-electron chi connectivity index (χ4n) is 4.88. The second-order valence-corrected chi connectivity index (χ2v) is 7.85. The molecule has 3 saturated heterocycles. The van der Waals surface area contributed by atoms with Crippen LogP contribution in [-0.2, 0) is 9.59 Å². The lowest BCUT2D eigenvalue weighted by molar-refractivity contribution is -0.126. The molecule has 2 amide bonds. The van der Waals surface area contributed by atoms with Gasteiger partial charge in [0.1, 0.15) is 17.6 Å². The number of imide groups is 1. The lowest BCUT2D eigenvalue weighted by Crippen LogP contribution is -2.44. The molecular weight excluding hydrogens is 397 g/mol. The van der Waals surface area contributed by atoms with Crippen molar-refractivity contribution in [3.8, 4) is 5.75 Å². The smallest absolute Gasteiger partial charge is 0.253 e. The van der Waals surface area contributed by atoms with Crippen LogP contribution in [0.1, 0.15) is 18.0 Å². The number of fused-ring (bicyclic) bond motifs is 3. The predicted molar refractivity (Wildman–Crippen MR) is 105 cm³/mol. The first-order valence-electron chi connectivity index (χ1n) is 9.52. The van der Waals surface area contributed by atoms with Crippen molar-refractivity contribution in [1.82, 2.24) is 10.0 Å². The predicted octanol–water partition coefficient (Wildman–Crippen LogP) is 3.02. The Morgan fingerprint density at radius 2 is 1.76 bits per heavy atom. The number of carbonyl (C=O) groups is 2. The number of anilines is 1. The second kappa shape index (κ2) is 6.79. The molecular formula is C21H19ClFN3O3. The number of rotatable bonds is 3. The molecule has 5 rings (SSSR count). The molecule has 3 heterocycles. The monoisotopic (exact) mass is 415 g/mol. The zero-order valence-electron chi connectivity index (χ0n) is 15.7. The molecule has 0 N–H and O–H groups in total. The van der Waals surface area contributed by atoms with E-state index < -0.39 is 17.8 Å². The van der Waals surface area contributed by atoms with Crippen LogP contribution in [-0.4, -0.2) is 48.1 Å². The Morgan fingerprint density at radius 3 is 2.48 bits per heavy atom. The molecule has 29 heavy (non-hydrogen) atoms. The van der Waals surface area contributed by atoms with Crippen LogP contribution >= 0.6 is 11.6 Å². The number of carbonyl (C=O) groups excluding carboxylic acids is 2. The summed E-state index contributed by atoms with van der Waals surface area (Å²) in [4.78, 5) is 27.9. The third-order valence-electron chi connectivity index (χ3n) is 6.02. The molecule has 3 aliphatic rings. The van der Waals surface area contributed by atoms with Crippen molar-refractivity contribution in [1.29, 1.82) is 0 Å². The van der Waals surface area contributed by atoms with E-state index in [1.165, 1.54) is 12.1 Å². The molecule has 2 aromatic carbocycles. The molecule has 0 bridgehead atoms. The second-order valence-electron chi connectivity index (χ2n) is 7.45. The van der Waals surface area contributed by atoms with Gasteiger partial charge in [0.15, 0.2) is 0 Å². The minimum Gasteiger partial charge on any atom is -0.496 e. The zero-order valence-corrected chi connectivity index (χ0v) is 16.5. The molecule has 2 aromatic rings. The van der Waals surface area contributed by atoms with Gasteiger partial charge >= 0.3 is 0 Å². The van der Waals surface area contributed by atoms with Crippen molar-refractivity contribution in [3.63, 3.8) is 0 Å². The number of amides is 2. The number of nitrogens with zero attached hydrogens (tertiary/aromatic N) is 3. The average molecular weight is 416 g/mol. The van der Waals surface area contributed by atoms with E-state index in [-0.39, 0.29) is 28.6 Å². The molecule has 3 atom stereocenters. The Morgan fingerprint density at radius 1 is 1.03 bits per heavy atom. The average Bonchev–Trinajstić information content (AvgIpc) is 3.36. The van der Waals surface area contributed by atoms with Gasteiger partial charge in [0.2, 0.25) is 5.91 Å². The number of hydrogen-bond acceptors (Lipinski definition) is 5. The Hall–Kier alpha value is -2.48. The molecule has 3 fully saturated rings. The maximum atomic E-state index is 14.0. The van der Waals surface area contributed by atoms with E-state index in [2.05, 4.69) is 5.01 Å². The van der Waals surface area contributed by atoms with E-state index in [1.807, 2.05) is 29.3 Å². The Balaban J connectivity index is 1.60. The Labute approximate surface area is 172 Å². The fourth-order valence-corrected chi connectivity index (χ4v) is 4.99. The maximum absolute atomic E-state index is 14.0. The lowest BCUT2D eigenvalue weighted by Gasteiger charge is -2.30. The summed E-state index contributed by atoms with van der Waals surface area (Å²) in [6.45, 7) is 1.47. The molecule has 6 nitrogen and oxygen atoms in total. The highest BCUT2D eigenvalue weighted by Crippen LogP contribution is 2.50. The maximum Gasteiger partial charge on any atom is 0.253 e. The van der Waals surface area contributed by atoms with Gasteiger partial charge < -0.3 is 4.74 Å². The van der Waals surface area contributed by atoms with Crippen LogP contribution in [0.3, 0.4) is 0 Å². The molecule has 0 aliphatic carbocycles. The van der Waals surface area contributed by atoms with Gasteiger partial charge in [-0.3, -0.25) is 9.59 Å². The number of halogens is 2. The van der Waals surface area contributed by atoms with Crippen molar-refractivity contribution < 1.29 is 18.7 Å². The van der Waals surface area contributed by atoms with Crippen LogP contribution in [0.15, 0.2) is 42.5 Å². The van der Waals surface area contributed by atoms with Crippen molar-refractivity contribution in [3.05, 3.63) is 58.9 Å². The number of benzene rings is 2. The van der Waals surface area contributed by atoms with Crippen LogP contribution in [0, 0.1) is 11.7 Å². The van der Waals surface area contributed by atoms with Gasteiger partial charge in [-0.1, -0.05) is 29.8 Å². The summed E-state index contributed by atoms with van der Waals surface area (Å²) >= 11 is 5.77. The fraction of sp³-hybridized carbons (Fsp3) is 0.333. The molecule has 0 radical (unpaired) electrons. The zero-order chi connectivity index (χ0) is 20.3. The summed E-state index contributed by atoms with van der Waals surface area (Å²) in [5.74, 6) is -1.22. The summed E-state index contributed by atoms with van der Waals surface area (Å²) in [5.41, 5.74) is 1.08. The summed E-state index contributed by atoms with van der Waals surface area (Å²) in [7, 11) is 1.59. The highest BCUT2D eigenvalue weighted by molar-refractivity contribution is 6.31. The summed E-state index contributed by atoms with van der Waals surface area (Å²) in [6, 6.07) is 10.7. The van der Waals surface area contributed by atoms with Crippen molar-refractivity contribution in [2.75, 3.05) is 25.1 Å². The van der Waals surface area contributed by atoms with Crippen molar-refractivity contribution in [2.24, 2.45) is 5.92 Å². The first-order valence-corrected chi connectivity index (χ1v) is 9.89. The van der Waals surface area contributed by atoms with Gasteiger partial charge in [0.05, 0.1) is 29.8 Å². The van der Waals surface area contributed by atoms with E-state index in [0.29, 0.717) is 12.3 Å². The van der Waals surface area contributed by atoms with E-state index in [9.17, 15) is 14.0 Å². The molecule has 0 aromatic heterocycles. The Kier molecular flexibility index (Phi) is 4.34.